The van der Waals surface area contributed by atoms with Gasteiger partial charge in [-0.25, -0.2) is 4.98 Å². The van der Waals surface area contributed by atoms with Gasteiger partial charge in [-0.2, -0.15) is 0 Å². The Bertz CT molecular complexity index is 543. The Hall–Kier alpha value is -1.06. The minimum Gasteiger partial charge on any atom is -0.330 e. The molecule has 2 aromatic rings. The molecule has 1 aromatic carbocycles. The Morgan fingerprint density at radius 2 is 2.18 bits per heavy atom. The summed E-state index contributed by atoms with van der Waals surface area (Å²) in [5.74, 6) is 0.914. The van der Waals surface area contributed by atoms with E-state index >= 15 is 0 Å². The van der Waals surface area contributed by atoms with Gasteiger partial charge in [-0.3, -0.25) is 0 Å². The number of imidazole rings is 1. The second-order valence-electron chi connectivity index (χ2n) is 4.79. The molecule has 1 heterocycles. The summed E-state index contributed by atoms with van der Waals surface area (Å²) in [6, 6.07) is 5.74. The molecule has 17 heavy (non-hydrogen) atoms. The van der Waals surface area contributed by atoms with E-state index in [-0.39, 0.29) is 0 Å². The highest BCUT2D eigenvalue weighted by molar-refractivity contribution is 6.31. The van der Waals surface area contributed by atoms with Crippen LogP contribution in [0.15, 0.2) is 18.2 Å². The van der Waals surface area contributed by atoms with Gasteiger partial charge < -0.3 is 10.3 Å². The second-order valence-corrected chi connectivity index (χ2v) is 5.23. The molecule has 92 valence electrons. The largest absolute Gasteiger partial charge is 0.330 e. The van der Waals surface area contributed by atoms with Crippen LogP contribution in [0.4, 0.5) is 0 Å². The van der Waals surface area contributed by atoms with Gasteiger partial charge in [0.25, 0.3) is 0 Å². The zero-order chi connectivity index (χ0) is 12.6. The molecule has 1 aromatic heterocycles. The summed E-state index contributed by atoms with van der Waals surface area (Å²) in [7, 11) is 2.00. The molecule has 2 rings (SSSR count). The quantitative estimate of drug-likeness (QED) is 0.911. The summed E-state index contributed by atoms with van der Waals surface area (Å²) >= 11 is 5.98. The number of aryl methyl sites for hydroxylation is 1. The summed E-state index contributed by atoms with van der Waals surface area (Å²) in [5.41, 5.74) is 7.91. The number of nitrogens with two attached hydrogens (primary N) is 1. The standard InChI is InChI=1S/C13H18ClN3/c1-4-7-13(2,15)12-16-10-8-9(14)5-6-11(10)17(12)3/h5-6,8H,4,7,15H2,1-3H3. The maximum absolute atomic E-state index is 6.33. The highest BCUT2D eigenvalue weighted by atomic mass is 35.5. The average molecular weight is 252 g/mol. The van der Waals surface area contributed by atoms with Crippen LogP contribution in [0.2, 0.25) is 5.02 Å². The fraction of sp³-hybridized carbons (Fsp3) is 0.462. The number of rotatable bonds is 3. The number of nitrogens with zero attached hydrogens (tertiary/aromatic N) is 2. The molecular formula is C13H18ClN3. The van der Waals surface area contributed by atoms with Gasteiger partial charge in [-0.15, -0.1) is 0 Å². The van der Waals surface area contributed by atoms with Crippen molar-refractivity contribution in [2.75, 3.05) is 0 Å². The molecular weight excluding hydrogens is 234 g/mol. The van der Waals surface area contributed by atoms with E-state index in [0.29, 0.717) is 5.02 Å². The topological polar surface area (TPSA) is 43.8 Å². The molecule has 0 bridgehead atoms. The smallest absolute Gasteiger partial charge is 0.129 e. The molecule has 4 heteroatoms. The Labute approximate surface area is 107 Å². The molecule has 0 spiro atoms. The van der Waals surface area contributed by atoms with Crippen LogP contribution in [0, 0.1) is 0 Å². The summed E-state index contributed by atoms with van der Waals surface area (Å²) < 4.78 is 2.06. The Morgan fingerprint density at radius 1 is 1.47 bits per heavy atom. The number of aromatic nitrogens is 2. The summed E-state index contributed by atoms with van der Waals surface area (Å²) in [4.78, 5) is 4.62. The number of fused-ring (bicyclic) bond motifs is 1. The lowest BCUT2D eigenvalue weighted by Gasteiger charge is -2.23. The van der Waals surface area contributed by atoms with E-state index in [0.717, 1.165) is 29.7 Å². The summed E-state index contributed by atoms with van der Waals surface area (Å²) in [6.07, 6.45) is 1.95. The van der Waals surface area contributed by atoms with Gasteiger partial charge in [0.05, 0.1) is 16.6 Å². The van der Waals surface area contributed by atoms with Crippen molar-refractivity contribution in [2.24, 2.45) is 12.8 Å². The van der Waals surface area contributed by atoms with Crippen molar-refractivity contribution in [2.45, 2.75) is 32.2 Å². The van der Waals surface area contributed by atoms with Gasteiger partial charge in [-0.05, 0) is 31.5 Å². The Kier molecular flexibility index (Phi) is 3.15. The summed E-state index contributed by atoms with van der Waals surface area (Å²) in [6.45, 7) is 4.16. The minimum atomic E-state index is -0.394. The second kappa shape index (κ2) is 4.31. The van der Waals surface area contributed by atoms with Crippen LogP contribution < -0.4 is 5.73 Å². The number of hydrogen-bond donors (Lipinski definition) is 1. The third-order valence-corrected chi connectivity index (χ3v) is 3.36. The summed E-state index contributed by atoms with van der Waals surface area (Å²) in [5, 5.41) is 0.705. The van der Waals surface area contributed by atoms with Crippen molar-refractivity contribution in [3.63, 3.8) is 0 Å². The van der Waals surface area contributed by atoms with Crippen molar-refractivity contribution < 1.29 is 0 Å². The zero-order valence-electron chi connectivity index (χ0n) is 10.5. The van der Waals surface area contributed by atoms with Crippen molar-refractivity contribution in [1.82, 2.24) is 9.55 Å². The van der Waals surface area contributed by atoms with Crippen LogP contribution in [0.25, 0.3) is 11.0 Å². The maximum Gasteiger partial charge on any atom is 0.129 e. The lowest BCUT2D eigenvalue weighted by Crippen LogP contribution is -2.35. The van der Waals surface area contributed by atoms with Crippen LogP contribution in [0.5, 0.6) is 0 Å². The predicted molar refractivity (Wildman–Crippen MR) is 72.2 cm³/mol. The van der Waals surface area contributed by atoms with Gasteiger partial charge in [0, 0.05) is 12.1 Å². The first-order valence-corrected chi connectivity index (χ1v) is 6.25. The number of hydrogen-bond acceptors (Lipinski definition) is 2. The Morgan fingerprint density at radius 3 is 2.82 bits per heavy atom. The van der Waals surface area contributed by atoms with Gasteiger partial charge in [0.15, 0.2) is 0 Å². The SMILES string of the molecule is CCCC(C)(N)c1nc2cc(Cl)ccc2n1C. The molecule has 0 radical (unpaired) electrons. The maximum atomic E-state index is 6.33. The molecule has 1 unspecified atom stereocenters. The Balaban J connectivity index is 2.59. The zero-order valence-corrected chi connectivity index (χ0v) is 11.3. The molecule has 2 N–H and O–H groups in total. The fourth-order valence-corrected chi connectivity index (χ4v) is 2.48. The highest BCUT2D eigenvalue weighted by Crippen LogP contribution is 2.27. The van der Waals surface area contributed by atoms with Gasteiger partial charge in [0.1, 0.15) is 5.82 Å². The van der Waals surface area contributed by atoms with Gasteiger partial charge >= 0.3 is 0 Å². The molecule has 0 fully saturated rings. The normalized spacial score (nSPS) is 15.1. The van der Waals surface area contributed by atoms with E-state index in [4.69, 9.17) is 17.3 Å². The third kappa shape index (κ3) is 2.17. The molecule has 0 saturated carbocycles. The monoisotopic (exact) mass is 251 g/mol. The number of halogens is 1. The molecule has 0 aliphatic rings. The van der Waals surface area contributed by atoms with Crippen molar-refractivity contribution >= 4 is 22.6 Å². The minimum absolute atomic E-state index is 0.394. The molecule has 0 aliphatic carbocycles. The van der Waals surface area contributed by atoms with Crippen molar-refractivity contribution in [3.8, 4) is 0 Å². The first-order chi connectivity index (χ1) is 7.95. The van der Waals surface area contributed by atoms with E-state index in [1.807, 2.05) is 32.2 Å². The van der Waals surface area contributed by atoms with E-state index < -0.39 is 5.54 Å². The van der Waals surface area contributed by atoms with Crippen LogP contribution in [-0.4, -0.2) is 9.55 Å². The van der Waals surface area contributed by atoms with E-state index in [1.165, 1.54) is 0 Å². The molecule has 0 saturated heterocycles. The van der Waals surface area contributed by atoms with Crippen LogP contribution in [0.1, 0.15) is 32.5 Å². The van der Waals surface area contributed by atoms with Crippen LogP contribution in [0.3, 0.4) is 0 Å². The first-order valence-electron chi connectivity index (χ1n) is 5.87. The molecule has 0 amide bonds. The van der Waals surface area contributed by atoms with Crippen LogP contribution in [-0.2, 0) is 12.6 Å². The predicted octanol–water partition coefficient (Wildman–Crippen LogP) is 3.20. The third-order valence-electron chi connectivity index (χ3n) is 3.12. The van der Waals surface area contributed by atoms with E-state index in [1.54, 1.807) is 0 Å². The average Bonchev–Trinajstić information content (AvgIpc) is 2.56. The lowest BCUT2D eigenvalue weighted by molar-refractivity contribution is 0.410. The number of benzene rings is 1. The van der Waals surface area contributed by atoms with Crippen molar-refractivity contribution in [3.05, 3.63) is 29.0 Å². The van der Waals surface area contributed by atoms with Crippen LogP contribution >= 0.6 is 11.6 Å². The lowest BCUT2D eigenvalue weighted by atomic mass is 9.97. The van der Waals surface area contributed by atoms with Gasteiger partial charge in [0.2, 0.25) is 0 Å². The fourth-order valence-electron chi connectivity index (χ4n) is 2.31. The van der Waals surface area contributed by atoms with E-state index in [9.17, 15) is 0 Å². The highest BCUT2D eigenvalue weighted by Gasteiger charge is 2.26. The van der Waals surface area contributed by atoms with Crippen molar-refractivity contribution in [1.29, 1.82) is 0 Å². The van der Waals surface area contributed by atoms with E-state index in [2.05, 4.69) is 16.5 Å². The van der Waals surface area contributed by atoms with Gasteiger partial charge in [-0.1, -0.05) is 24.9 Å². The molecule has 1 atom stereocenters. The molecule has 0 aliphatic heterocycles. The first kappa shape index (κ1) is 12.4. The molecule has 3 nitrogen and oxygen atoms in total.